The minimum Gasteiger partial charge on any atom is -0.321 e. The third kappa shape index (κ3) is 1.53. The van der Waals surface area contributed by atoms with Crippen molar-refractivity contribution in [2.75, 3.05) is 6.54 Å². The average molecular weight is 182 g/mol. The highest BCUT2D eigenvalue weighted by atomic mass is 16.2. The molecule has 13 heavy (non-hydrogen) atoms. The molecule has 2 fully saturated rings. The van der Waals surface area contributed by atoms with Gasteiger partial charge in [0, 0.05) is 19.0 Å². The van der Waals surface area contributed by atoms with E-state index in [4.69, 9.17) is 0 Å². The van der Waals surface area contributed by atoms with Crippen LogP contribution in [0, 0.1) is 5.92 Å². The number of rotatable bonds is 1. The summed E-state index contributed by atoms with van der Waals surface area (Å²) in [6.07, 6.45) is 2.62. The molecule has 0 unspecified atom stereocenters. The topological polar surface area (TPSA) is 49.4 Å². The lowest BCUT2D eigenvalue weighted by Gasteiger charge is -2.42. The molecule has 1 heterocycles. The zero-order valence-electron chi connectivity index (χ0n) is 7.75. The van der Waals surface area contributed by atoms with Gasteiger partial charge in [0.1, 0.15) is 0 Å². The van der Waals surface area contributed by atoms with Gasteiger partial charge >= 0.3 is 6.03 Å². The normalized spacial score (nSPS) is 34.1. The van der Waals surface area contributed by atoms with Gasteiger partial charge < -0.3 is 4.90 Å². The van der Waals surface area contributed by atoms with E-state index in [1.165, 1.54) is 0 Å². The molecule has 0 spiro atoms. The minimum atomic E-state index is -0.201. The summed E-state index contributed by atoms with van der Waals surface area (Å²) in [6.45, 7) is 2.78. The monoisotopic (exact) mass is 182 g/mol. The van der Waals surface area contributed by atoms with E-state index in [-0.39, 0.29) is 11.9 Å². The zero-order valence-corrected chi connectivity index (χ0v) is 7.75. The van der Waals surface area contributed by atoms with Crippen molar-refractivity contribution in [3.05, 3.63) is 0 Å². The van der Waals surface area contributed by atoms with Gasteiger partial charge in [-0.25, -0.2) is 4.79 Å². The summed E-state index contributed by atoms with van der Waals surface area (Å²) in [4.78, 5) is 24.0. The standard InChI is InChI=1S/C9H14N2O2/c1-6-4-7(5-6)11-3-2-8(12)10-9(11)13/h6-7H,2-5H2,1H3,(H,10,12,13). The molecule has 4 nitrogen and oxygen atoms in total. The fourth-order valence-electron chi connectivity index (χ4n) is 2.04. The van der Waals surface area contributed by atoms with Crippen molar-refractivity contribution in [3.8, 4) is 0 Å². The predicted molar refractivity (Wildman–Crippen MR) is 47.0 cm³/mol. The van der Waals surface area contributed by atoms with Crippen LogP contribution >= 0.6 is 0 Å². The highest BCUT2D eigenvalue weighted by Crippen LogP contribution is 2.31. The van der Waals surface area contributed by atoms with Crippen molar-refractivity contribution in [1.29, 1.82) is 0 Å². The first kappa shape index (κ1) is 8.53. The van der Waals surface area contributed by atoms with Gasteiger partial charge in [0.25, 0.3) is 0 Å². The largest absolute Gasteiger partial charge is 0.324 e. The molecule has 3 amide bonds. The first-order valence-corrected chi connectivity index (χ1v) is 4.77. The summed E-state index contributed by atoms with van der Waals surface area (Å²) < 4.78 is 0. The Balaban J connectivity index is 1.93. The fraction of sp³-hybridized carbons (Fsp3) is 0.778. The number of imide groups is 1. The molecule has 72 valence electrons. The van der Waals surface area contributed by atoms with Crippen LogP contribution in [0.15, 0.2) is 0 Å². The second-order valence-corrected chi connectivity index (χ2v) is 4.03. The molecule has 0 aromatic heterocycles. The van der Waals surface area contributed by atoms with E-state index in [1.807, 2.05) is 0 Å². The Morgan fingerprint density at radius 1 is 1.38 bits per heavy atom. The predicted octanol–water partition coefficient (Wildman–Crippen LogP) is 0.727. The van der Waals surface area contributed by atoms with Crippen LogP contribution in [0.5, 0.6) is 0 Å². The average Bonchev–Trinajstić information content (AvgIpc) is 2.00. The summed E-state index contributed by atoms with van der Waals surface area (Å²) in [5, 5.41) is 2.34. The SMILES string of the molecule is CC1CC(N2CCC(=O)NC2=O)C1. The number of nitrogens with zero attached hydrogens (tertiary/aromatic N) is 1. The van der Waals surface area contributed by atoms with Gasteiger partial charge in [-0.05, 0) is 18.8 Å². The summed E-state index contributed by atoms with van der Waals surface area (Å²) in [5.74, 6) is 0.587. The Labute approximate surface area is 77.3 Å². The van der Waals surface area contributed by atoms with E-state index in [0.717, 1.165) is 18.8 Å². The quantitative estimate of drug-likeness (QED) is 0.649. The number of carbonyl (C=O) groups is 2. The molecule has 0 aromatic carbocycles. The Morgan fingerprint density at radius 3 is 2.62 bits per heavy atom. The van der Waals surface area contributed by atoms with Crippen LogP contribution in [0.25, 0.3) is 0 Å². The van der Waals surface area contributed by atoms with E-state index < -0.39 is 0 Å². The lowest BCUT2D eigenvalue weighted by molar-refractivity contribution is -0.122. The smallest absolute Gasteiger partial charge is 0.321 e. The molecule has 0 aromatic rings. The summed E-state index contributed by atoms with van der Waals surface area (Å²) in [6, 6.07) is 0.177. The fourth-order valence-corrected chi connectivity index (χ4v) is 2.04. The van der Waals surface area contributed by atoms with Crippen LogP contribution in [0.3, 0.4) is 0 Å². The van der Waals surface area contributed by atoms with Crippen molar-refractivity contribution in [3.63, 3.8) is 0 Å². The molecule has 0 bridgehead atoms. The number of nitrogens with one attached hydrogen (secondary N) is 1. The van der Waals surface area contributed by atoms with Crippen LogP contribution in [-0.2, 0) is 4.79 Å². The Morgan fingerprint density at radius 2 is 2.08 bits per heavy atom. The van der Waals surface area contributed by atoms with Gasteiger partial charge in [0.2, 0.25) is 5.91 Å². The first-order valence-electron chi connectivity index (χ1n) is 4.77. The van der Waals surface area contributed by atoms with Crippen molar-refractivity contribution in [2.45, 2.75) is 32.2 Å². The van der Waals surface area contributed by atoms with Crippen molar-refractivity contribution in [2.24, 2.45) is 5.92 Å². The number of hydrogen-bond acceptors (Lipinski definition) is 2. The summed E-state index contributed by atoms with van der Waals surface area (Å²) >= 11 is 0. The maximum Gasteiger partial charge on any atom is 0.324 e. The molecule has 2 rings (SSSR count). The molecule has 0 atom stereocenters. The molecule has 1 aliphatic carbocycles. The number of carbonyl (C=O) groups excluding carboxylic acids is 2. The lowest BCUT2D eigenvalue weighted by atomic mass is 9.80. The van der Waals surface area contributed by atoms with Gasteiger partial charge in [-0.2, -0.15) is 0 Å². The van der Waals surface area contributed by atoms with Gasteiger partial charge in [0.15, 0.2) is 0 Å². The maximum atomic E-state index is 11.3. The van der Waals surface area contributed by atoms with Crippen molar-refractivity contribution >= 4 is 11.9 Å². The van der Waals surface area contributed by atoms with Crippen molar-refractivity contribution in [1.82, 2.24) is 10.2 Å². The molecule has 0 radical (unpaired) electrons. The second-order valence-electron chi connectivity index (χ2n) is 4.03. The maximum absolute atomic E-state index is 11.3. The van der Waals surface area contributed by atoms with E-state index in [9.17, 15) is 9.59 Å². The minimum absolute atomic E-state index is 0.145. The highest BCUT2D eigenvalue weighted by molar-refractivity contribution is 5.96. The molecule has 2 aliphatic rings. The molecule has 1 N–H and O–H groups in total. The molecular weight excluding hydrogens is 168 g/mol. The zero-order chi connectivity index (χ0) is 9.42. The summed E-state index contributed by atoms with van der Waals surface area (Å²) in [7, 11) is 0. The van der Waals surface area contributed by atoms with Crippen LogP contribution in [0.4, 0.5) is 4.79 Å². The van der Waals surface area contributed by atoms with Crippen LogP contribution in [0.2, 0.25) is 0 Å². The van der Waals surface area contributed by atoms with Crippen molar-refractivity contribution < 1.29 is 9.59 Å². The van der Waals surface area contributed by atoms with Crippen LogP contribution in [0.1, 0.15) is 26.2 Å². The van der Waals surface area contributed by atoms with Crippen LogP contribution in [-0.4, -0.2) is 29.4 Å². The van der Waals surface area contributed by atoms with E-state index >= 15 is 0 Å². The molecule has 1 saturated carbocycles. The van der Waals surface area contributed by atoms with Gasteiger partial charge in [-0.15, -0.1) is 0 Å². The molecule has 1 aliphatic heterocycles. The number of urea groups is 1. The van der Waals surface area contributed by atoms with Crippen LogP contribution < -0.4 is 5.32 Å². The second kappa shape index (κ2) is 3.01. The Bertz CT molecular complexity index is 246. The molecular formula is C9H14N2O2. The number of hydrogen-bond donors (Lipinski definition) is 1. The number of amides is 3. The highest BCUT2D eigenvalue weighted by Gasteiger charge is 2.36. The third-order valence-electron chi connectivity index (χ3n) is 2.88. The van der Waals surface area contributed by atoms with Gasteiger partial charge in [-0.3, -0.25) is 10.1 Å². The first-order chi connectivity index (χ1) is 6.16. The Hall–Kier alpha value is -1.06. The van der Waals surface area contributed by atoms with Gasteiger partial charge in [0.05, 0.1) is 0 Å². The van der Waals surface area contributed by atoms with E-state index in [2.05, 4.69) is 12.2 Å². The molecule has 4 heteroatoms. The Kier molecular flexibility index (Phi) is 1.98. The lowest BCUT2D eigenvalue weighted by Crippen LogP contribution is -2.56. The van der Waals surface area contributed by atoms with E-state index in [1.54, 1.807) is 4.90 Å². The third-order valence-corrected chi connectivity index (χ3v) is 2.88. The van der Waals surface area contributed by atoms with Gasteiger partial charge in [-0.1, -0.05) is 6.92 Å². The molecule has 1 saturated heterocycles. The van der Waals surface area contributed by atoms with E-state index in [0.29, 0.717) is 19.0 Å². The summed E-state index contributed by atoms with van der Waals surface area (Å²) in [5.41, 5.74) is 0.